The molecular weight excluding hydrogens is 831 g/mol. The van der Waals surface area contributed by atoms with Crippen molar-refractivity contribution in [1.82, 2.24) is 24.3 Å². The molecule has 3 amide bonds. The van der Waals surface area contributed by atoms with E-state index in [4.69, 9.17) is 20.4 Å². The Morgan fingerprint density at radius 1 is 0.937 bits per heavy atom. The minimum atomic E-state index is -4.08. The van der Waals surface area contributed by atoms with E-state index >= 15 is 0 Å². The smallest absolute Gasteiger partial charge is 0.247 e. The largest absolute Gasteiger partial charge is 0.379 e. The highest BCUT2D eigenvalue weighted by atomic mass is 32.2. The summed E-state index contributed by atoms with van der Waals surface area (Å²) in [4.78, 5) is 84.6. The Morgan fingerprint density at radius 2 is 1.57 bits per heavy atom. The summed E-state index contributed by atoms with van der Waals surface area (Å²) < 4.78 is 40.2. The van der Waals surface area contributed by atoms with Gasteiger partial charge < -0.3 is 29.1 Å². The zero-order chi connectivity index (χ0) is 47.6. The number of guanidine groups is 1. The first kappa shape index (κ1) is 55.2. The third kappa shape index (κ3) is 16.8. The number of ether oxygens (including phenoxy) is 2. The number of likely N-dealkylation sites (N-methyl/N-ethyl adjacent to an activating group) is 1. The molecule has 1 fully saturated rings. The number of methoxy groups -OCH3 is 2. The molecule has 1 aromatic carbocycles. The maximum absolute atomic E-state index is 14.4. The molecule has 0 aromatic heterocycles. The van der Waals surface area contributed by atoms with Crippen molar-refractivity contribution in [2.75, 3.05) is 68.4 Å². The highest BCUT2D eigenvalue weighted by molar-refractivity contribution is 7.90. The van der Waals surface area contributed by atoms with Crippen LogP contribution >= 0.6 is 0 Å². The molecule has 63 heavy (non-hydrogen) atoms. The van der Waals surface area contributed by atoms with Crippen molar-refractivity contribution < 1.29 is 46.7 Å². The topological polar surface area (TPSA) is 211 Å². The van der Waals surface area contributed by atoms with E-state index < -0.39 is 58.1 Å². The SMILES string of the molecule is CC[C@H](C)[C@@H]([C@@H](CC(=O)N1CCC[C@H]1[C@H](OC)[C@@H](C)C(=O)C[C@@H](Cc1ccccc1)C(=O)NS(=O)(=O)CCCCC(=O)CON)OC)N(C)C(=O)[C@@H](N=C(N(C)C)N(C)C)C(C)C. The van der Waals surface area contributed by atoms with Crippen LogP contribution in [0.15, 0.2) is 35.3 Å². The highest BCUT2D eigenvalue weighted by Crippen LogP contribution is 2.31. The van der Waals surface area contributed by atoms with Crippen molar-refractivity contribution in [3.63, 3.8) is 0 Å². The van der Waals surface area contributed by atoms with Crippen LogP contribution in [0.5, 0.6) is 0 Å². The van der Waals surface area contributed by atoms with Crippen molar-refractivity contribution in [2.45, 2.75) is 123 Å². The second kappa shape index (κ2) is 26.7. The molecule has 2 rings (SSSR count). The van der Waals surface area contributed by atoms with E-state index in [0.29, 0.717) is 25.3 Å². The van der Waals surface area contributed by atoms with E-state index in [2.05, 4.69) is 9.56 Å². The number of unbranched alkanes of at least 4 members (excludes halogenated alkanes) is 1. The van der Waals surface area contributed by atoms with E-state index in [1.165, 1.54) is 7.11 Å². The lowest BCUT2D eigenvalue weighted by atomic mass is 9.85. The molecule has 3 N–H and O–H groups in total. The number of amides is 3. The van der Waals surface area contributed by atoms with Crippen molar-refractivity contribution in [2.24, 2.45) is 34.6 Å². The van der Waals surface area contributed by atoms with Crippen molar-refractivity contribution in [1.29, 1.82) is 0 Å². The number of carbonyl (C=O) groups is 5. The second-order valence-electron chi connectivity index (χ2n) is 17.6. The van der Waals surface area contributed by atoms with Crippen LogP contribution in [0.25, 0.3) is 0 Å². The molecule has 8 atom stereocenters. The number of nitrogens with one attached hydrogen (secondary N) is 1. The number of Topliss-reactive ketones (excluding diaryl/α,β-unsaturated/α-hetero) is 2. The Morgan fingerprint density at radius 3 is 2.11 bits per heavy atom. The monoisotopic (exact) mass is 908 g/mol. The van der Waals surface area contributed by atoms with Crippen molar-refractivity contribution in [3.05, 3.63) is 35.9 Å². The molecule has 18 heteroatoms. The van der Waals surface area contributed by atoms with Crippen LogP contribution in [0.1, 0.15) is 91.5 Å². The summed E-state index contributed by atoms with van der Waals surface area (Å²) in [5, 5.41) is 0. The van der Waals surface area contributed by atoms with Crippen LogP contribution in [-0.2, 0) is 54.7 Å². The zero-order valence-corrected chi connectivity index (χ0v) is 40.7. The number of likely N-dealkylation sites (tertiary alicyclic amines) is 1. The lowest BCUT2D eigenvalue weighted by Crippen LogP contribution is -2.55. The summed E-state index contributed by atoms with van der Waals surface area (Å²) >= 11 is 0. The molecule has 0 spiro atoms. The third-order valence-corrected chi connectivity index (χ3v) is 13.4. The van der Waals surface area contributed by atoms with E-state index in [0.717, 1.165) is 12.0 Å². The molecular formula is C45H77N7O10S. The van der Waals surface area contributed by atoms with Gasteiger partial charge in [-0.15, -0.1) is 0 Å². The highest BCUT2D eigenvalue weighted by Gasteiger charge is 2.43. The van der Waals surface area contributed by atoms with E-state index in [9.17, 15) is 32.4 Å². The summed E-state index contributed by atoms with van der Waals surface area (Å²) in [7, 11) is 8.25. The Kier molecular flexibility index (Phi) is 23.4. The van der Waals surface area contributed by atoms with Gasteiger partial charge in [0.25, 0.3) is 0 Å². The van der Waals surface area contributed by atoms with E-state index in [1.54, 1.807) is 55.1 Å². The number of hydrogen-bond donors (Lipinski definition) is 2. The minimum absolute atomic E-state index is 0.0130. The van der Waals surface area contributed by atoms with Gasteiger partial charge in [-0.05, 0) is 49.5 Å². The van der Waals surface area contributed by atoms with Crippen LogP contribution in [0, 0.1) is 23.7 Å². The Labute approximate surface area is 376 Å². The fourth-order valence-electron chi connectivity index (χ4n) is 8.45. The average Bonchev–Trinajstić information content (AvgIpc) is 3.71. The summed E-state index contributed by atoms with van der Waals surface area (Å²) in [6.07, 6.45) is 0.947. The molecule has 17 nitrogen and oxygen atoms in total. The average molecular weight is 908 g/mol. The van der Waals surface area contributed by atoms with Gasteiger partial charge in [-0.1, -0.05) is 71.4 Å². The van der Waals surface area contributed by atoms with E-state index in [-0.39, 0.29) is 86.1 Å². The van der Waals surface area contributed by atoms with Gasteiger partial charge in [-0.3, -0.25) is 33.5 Å². The van der Waals surface area contributed by atoms with Crippen molar-refractivity contribution >= 4 is 45.3 Å². The predicted molar refractivity (Wildman–Crippen MR) is 244 cm³/mol. The number of sulfonamides is 1. The molecule has 358 valence electrons. The maximum Gasteiger partial charge on any atom is 0.247 e. The summed E-state index contributed by atoms with van der Waals surface area (Å²) in [6.45, 7) is 9.90. The number of aliphatic imine (C=N–C) groups is 1. The molecule has 0 unspecified atom stereocenters. The Hall–Kier alpha value is -3.97. The van der Waals surface area contributed by atoms with Crippen LogP contribution in [-0.4, -0.2) is 162 Å². The van der Waals surface area contributed by atoms with Gasteiger partial charge in [0.05, 0.1) is 36.5 Å². The van der Waals surface area contributed by atoms with Crippen LogP contribution in [0.4, 0.5) is 0 Å². The Bertz CT molecular complexity index is 1750. The molecule has 0 aliphatic carbocycles. The summed E-state index contributed by atoms with van der Waals surface area (Å²) in [5.74, 6) is 1.56. The fraction of sp³-hybridized carbons (Fsp3) is 0.733. The van der Waals surface area contributed by atoms with Gasteiger partial charge in [0.2, 0.25) is 27.7 Å². The molecule has 1 aliphatic rings. The number of ketones is 2. The number of benzene rings is 1. The molecule has 0 bridgehead atoms. The van der Waals surface area contributed by atoms with Crippen LogP contribution < -0.4 is 10.6 Å². The quantitative estimate of drug-likeness (QED) is 0.0563. The maximum atomic E-state index is 14.4. The van der Waals surface area contributed by atoms with Gasteiger partial charge in [-0.2, -0.15) is 0 Å². The molecule has 1 aromatic rings. The third-order valence-electron chi connectivity index (χ3n) is 12.1. The van der Waals surface area contributed by atoms with Gasteiger partial charge in [-0.25, -0.2) is 19.3 Å². The Balaban J connectivity index is 2.31. The number of carbonyl (C=O) groups excluding carboxylic acids is 5. The summed E-state index contributed by atoms with van der Waals surface area (Å²) in [6, 6.07) is 7.45. The molecule has 1 heterocycles. The van der Waals surface area contributed by atoms with Crippen LogP contribution in [0.3, 0.4) is 0 Å². The normalized spacial score (nSPS) is 17.5. The molecule has 0 saturated carbocycles. The van der Waals surface area contributed by atoms with Crippen molar-refractivity contribution in [3.8, 4) is 0 Å². The first-order chi connectivity index (χ1) is 29.6. The molecule has 1 saturated heterocycles. The van der Waals surface area contributed by atoms with E-state index in [1.807, 2.05) is 71.8 Å². The first-order valence-corrected chi connectivity index (χ1v) is 23.8. The van der Waals surface area contributed by atoms with Gasteiger partial charge >= 0.3 is 0 Å². The number of nitrogens with two attached hydrogens (primary N) is 1. The molecule has 1 aliphatic heterocycles. The zero-order valence-electron chi connectivity index (χ0n) is 39.9. The van der Waals surface area contributed by atoms with Gasteiger partial charge in [0, 0.05) is 80.7 Å². The minimum Gasteiger partial charge on any atom is -0.379 e. The van der Waals surface area contributed by atoms with Gasteiger partial charge in [0.1, 0.15) is 18.4 Å². The fourth-order valence-corrected chi connectivity index (χ4v) is 9.60. The first-order valence-electron chi connectivity index (χ1n) is 22.1. The second-order valence-corrected chi connectivity index (χ2v) is 19.5. The lowest BCUT2D eigenvalue weighted by molar-refractivity contribution is -0.146. The number of rotatable bonds is 27. The lowest BCUT2D eigenvalue weighted by Gasteiger charge is -2.40. The van der Waals surface area contributed by atoms with Crippen LogP contribution in [0.2, 0.25) is 0 Å². The summed E-state index contributed by atoms with van der Waals surface area (Å²) in [5.41, 5.74) is 0.752. The predicted octanol–water partition coefficient (Wildman–Crippen LogP) is 3.30. The number of nitrogens with zero attached hydrogens (tertiary/aromatic N) is 5. The molecule has 0 radical (unpaired) electrons. The number of hydrogen-bond acceptors (Lipinski definition) is 12. The standard InChI is InChI=1S/C45H77N7O10S/c1-13-31(4)41(51(10)44(57)40(30(2)3)47-45(49(6)7)50(8)9)38(60-11)28-39(55)52-24-19-23-36(52)42(61-12)32(5)37(54)27-34(26-33-20-15-14-16-21-33)43(56)48-63(58,59)25-18-17-22-35(53)29-62-46/h14-16,20-21,30-32,34,36,38,40-42H,13,17-19,22-29,46H2,1-12H3,(H,48,56)/t31-,32-,34+,36-,38+,40-,41-,42+/m0/s1. The van der Waals surface area contributed by atoms with Gasteiger partial charge in [0.15, 0.2) is 11.7 Å².